The van der Waals surface area contributed by atoms with E-state index in [1.165, 1.54) is 19.3 Å². The Kier molecular flexibility index (Phi) is 7.33. The second-order valence-corrected chi connectivity index (χ2v) is 3.35. The maximum Gasteiger partial charge on any atom is 0.0169 e. The lowest BCUT2D eigenvalue weighted by molar-refractivity contribution is 0.509. The highest BCUT2D eigenvalue weighted by Gasteiger charge is 1.97. The van der Waals surface area contributed by atoms with Crippen LogP contribution >= 0.6 is 22.9 Å². The van der Waals surface area contributed by atoms with Crippen LogP contribution in [0.5, 0.6) is 0 Å². The number of hydrogen-bond donors (Lipinski definition) is 1. The Morgan fingerprint density at radius 2 is 2.22 bits per heavy atom. The van der Waals surface area contributed by atoms with E-state index in [-0.39, 0.29) is 0 Å². The SMILES string of the molecule is CCCC[C@@H](C)CNI. The minimum absolute atomic E-state index is 0.849. The van der Waals surface area contributed by atoms with Gasteiger partial charge in [-0.05, 0) is 12.3 Å². The molecule has 0 fully saturated rings. The predicted octanol–water partition coefficient (Wildman–Crippen LogP) is 2.75. The van der Waals surface area contributed by atoms with Gasteiger partial charge in [-0.2, -0.15) is 0 Å². The average molecular weight is 241 g/mol. The molecule has 2 heteroatoms. The first kappa shape index (κ1) is 9.69. The lowest BCUT2D eigenvalue weighted by Gasteiger charge is -2.07. The molecule has 0 saturated carbocycles. The molecule has 0 aromatic carbocycles. The van der Waals surface area contributed by atoms with Crippen molar-refractivity contribution in [3.8, 4) is 0 Å². The number of hydrogen-bond acceptors (Lipinski definition) is 1. The van der Waals surface area contributed by atoms with Gasteiger partial charge in [-0.3, -0.25) is 3.53 Å². The highest BCUT2D eigenvalue weighted by Crippen LogP contribution is 2.05. The Morgan fingerprint density at radius 1 is 1.56 bits per heavy atom. The molecular formula is C7H16IN. The van der Waals surface area contributed by atoms with Crippen molar-refractivity contribution < 1.29 is 0 Å². The highest BCUT2D eigenvalue weighted by molar-refractivity contribution is 14.1. The molecule has 0 aliphatic rings. The van der Waals surface area contributed by atoms with Crippen molar-refractivity contribution in [2.24, 2.45) is 5.92 Å². The molecule has 56 valence electrons. The molecule has 0 rings (SSSR count). The van der Waals surface area contributed by atoms with Gasteiger partial charge in [0.25, 0.3) is 0 Å². The van der Waals surface area contributed by atoms with Crippen LogP contribution in [0.4, 0.5) is 0 Å². The van der Waals surface area contributed by atoms with Gasteiger partial charge in [0.2, 0.25) is 0 Å². The predicted molar refractivity (Wildman–Crippen MR) is 50.7 cm³/mol. The van der Waals surface area contributed by atoms with Gasteiger partial charge < -0.3 is 0 Å². The quantitative estimate of drug-likeness (QED) is 0.576. The Bertz CT molecular complexity index is 56.9. The van der Waals surface area contributed by atoms with E-state index >= 15 is 0 Å². The van der Waals surface area contributed by atoms with Crippen molar-refractivity contribution in [2.45, 2.75) is 33.1 Å². The molecule has 0 unspecified atom stereocenters. The van der Waals surface area contributed by atoms with Gasteiger partial charge in [0.1, 0.15) is 0 Å². The topological polar surface area (TPSA) is 12.0 Å². The van der Waals surface area contributed by atoms with Gasteiger partial charge in [-0.1, -0.05) is 26.7 Å². The molecule has 0 aliphatic carbocycles. The van der Waals surface area contributed by atoms with Gasteiger partial charge in [0, 0.05) is 29.4 Å². The molecule has 0 aromatic heterocycles. The van der Waals surface area contributed by atoms with E-state index in [1.807, 2.05) is 0 Å². The second kappa shape index (κ2) is 6.81. The molecule has 9 heavy (non-hydrogen) atoms. The summed E-state index contributed by atoms with van der Waals surface area (Å²) in [6.45, 7) is 5.69. The van der Waals surface area contributed by atoms with Crippen LogP contribution < -0.4 is 3.53 Å². The Morgan fingerprint density at radius 3 is 2.67 bits per heavy atom. The highest BCUT2D eigenvalue weighted by atomic mass is 127. The third kappa shape index (κ3) is 6.58. The zero-order valence-electron chi connectivity index (χ0n) is 6.28. The summed E-state index contributed by atoms with van der Waals surface area (Å²) in [6.07, 6.45) is 4.07. The summed E-state index contributed by atoms with van der Waals surface area (Å²) in [6, 6.07) is 0. The van der Waals surface area contributed by atoms with Crippen LogP contribution in [-0.4, -0.2) is 6.54 Å². The van der Waals surface area contributed by atoms with Crippen molar-refractivity contribution in [3.63, 3.8) is 0 Å². The summed E-state index contributed by atoms with van der Waals surface area (Å²) < 4.78 is 3.15. The second-order valence-electron chi connectivity index (χ2n) is 2.59. The van der Waals surface area contributed by atoms with Crippen molar-refractivity contribution in [1.29, 1.82) is 0 Å². The Hall–Kier alpha value is 0.690. The molecule has 1 nitrogen and oxygen atoms in total. The third-order valence-electron chi connectivity index (χ3n) is 1.48. The van der Waals surface area contributed by atoms with Crippen LogP contribution in [0, 0.1) is 5.92 Å². The minimum Gasteiger partial charge on any atom is -0.261 e. The molecule has 1 atom stereocenters. The lowest BCUT2D eigenvalue weighted by Crippen LogP contribution is -2.10. The van der Waals surface area contributed by atoms with E-state index in [2.05, 4.69) is 40.2 Å². The number of halogens is 1. The van der Waals surface area contributed by atoms with Crippen molar-refractivity contribution in [3.05, 3.63) is 0 Å². The van der Waals surface area contributed by atoms with Gasteiger partial charge in [-0.25, -0.2) is 0 Å². The van der Waals surface area contributed by atoms with Crippen molar-refractivity contribution >= 4 is 22.9 Å². The van der Waals surface area contributed by atoms with E-state index in [0.717, 1.165) is 12.5 Å². The van der Waals surface area contributed by atoms with E-state index < -0.39 is 0 Å². The third-order valence-corrected chi connectivity index (χ3v) is 1.92. The zero-order chi connectivity index (χ0) is 7.11. The molecule has 0 amide bonds. The largest absolute Gasteiger partial charge is 0.261 e. The van der Waals surface area contributed by atoms with Gasteiger partial charge in [0.15, 0.2) is 0 Å². The van der Waals surface area contributed by atoms with Gasteiger partial charge in [-0.15, -0.1) is 0 Å². The molecule has 0 saturated heterocycles. The molecule has 0 bridgehead atoms. The monoisotopic (exact) mass is 241 g/mol. The normalized spacial score (nSPS) is 13.7. The lowest BCUT2D eigenvalue weighted by atomic mass is 10.1. The van der Waals surface area contributed by atoms with Crippen molar-refractivity contribution in [1.82, 2.24) is 3.53 Å². The molecule has 0 aromatic rings. The van der Waals surface area contributed by atoms with Crippen LogP contribution in [0.25, 0.3) is 0 Å². The fourth-order valence-electron chi connectivity index (χ4n) is 0.786. The molecular weight excluding hydrogens is 225 g/mol. The molecule has 0 spiro atoms. The standard InChI is InChI=1S/C7H16IN/c1-3-4-5-7(2)6-9-8/h7,9H,3-6H2,1-2H3/t7-/m1/s1. The maximum atomic E-state index is 3.15. The molecule has 1 N–H and O–H groups in total. The average Bonchev–Trinajstić information content (AvgIpc) is 1.85. The molecule has 0 heterocycles. The van der Waals surface area contributed by atoms with E-state index in [0.29, 0.717) is 0 Å². The van der Waals surface area contributed by atoms with Gasteiger partial charge in [0.05, 0.1) is 0 Å². The summed E-state index contributed by atoms with van der Waals surface area (Å²) >= 11 is 2.20. The smallest absolute Gasteiger partial charge is 0.0169 e. The fraction of sp³-hybridized carbons (Fsp3) is 1.00. The summed E-state index contributed by atoms with van der Waals surface area (Å²) in [5, 5.41) is 0. The summed E-state index contributed by atoms with van der Waals surface area (Å²) in [7, 11) is 0. The first-order valence-electron chi connectivity index (χ1n) is 3.64. The molecule has 0 radical (unpaired) electrons. The van der Waals surface area contributed by atoms with Crippen LogP contribution in [0.3, 0.4) is 0 Å². The minimum atomic E-state index is 0.849. The first-order chi connectivity index (χ1) is 4.31. The zero-order valence-corrected chi connectivity index (χ0v) is 8.44. The number of nitrogens with one attached hydrogen (secondary N) is 1. The molecule has 0 aliphatic heterocycles. The van der Waals surface area contributed by atoms with Crippen LogP contribution in [0.15, 0.2) is 0 Å². The van der Waals surface area contributed by atoms with E-state index in [9.17, 15) is 0 Å². The van der Waals surface area contributed by atoms with Crippen LogP contribution in [0.2, 0.25) is 0 Å². The fourth-order valence-corrected chi connectivity index (χ4v) is 1.54. The Labute approximate surface area is 72.1 Å². The van der Waals surface area contributed by atoms with E-state index in [4.69, 9.17) is 0 Å². The summed E-state index contributed by atoms with van der Waals surface area (Å²) in [4.78, 5) is 0. The van der Waals surface area contributed by atoms with Crippen LogP contribution in [0.1, 0.15) is 33.1 Å². The van der Waals surface area contributed by atoms with Gasteiger partial charge >= 0.3 is 0 Å². The van der Waals surface area contributed by atoms with Crippen LogP contribution in [-0.2, 0) is 0 Å². The summed E-state index contributed by atoms with van der Waals surface area (Å²) in [5.41, 5.74) is 0. The summed E-state index contributed by atoms with van der Waals surface area (Å²) in [5.74, 6) is 0.849. The maximum absolute atomic E-state index is 3.15. The Balaban J connectivity index is 2.95. The number of rotatable bonds is 5. The van der Waals surface area contributed by atoms with Crippen molar-refractivity contribution in [2.75, 3.05) is 6.54 Å². The van der Waals surface area contributed by atoms with E-state index in [1.54, 1.807) is 0 Å². The number of unbranched alkanes of at least 4 members (excludes halogenated alkanes) is 1. The first-order valence-corrected chi connectivity index (χ1v) is 4.72.